The molecule has 0 fully saturated rings. The van der Waals surface area contributed by atoms with Gasteiger partial charge in [0, 0.05) is 19.6 Å². The summed E-state index contributed by atoms with van der Waals surface area (Å²) in [5.41, 5.74) is 0. The van der Waals surface area contributed by atoms with Crippen LogP contribution in [0.1, 0.15) is 60.3 Å². The molecule has 0 aromatic carbocycles. The maximum atomic E-state index is 12.9. The van der Waals surface area contributed by atoms with Gasteiger partial charge in [0.25, 0.3) is 0 Å². The molecule has 0 rings (SSSR count). The molecule has 0 aromatic heterocycles. The zero-order valence-corrected chi connectivity index (χ0v) is 16.3. The first-order valence-corrected chi connectivity index (χ1v) is 9.22. The lowest BCUT2D eigenvalue weighted by molar-refractivity contribution is -0.137. The highest BCUT2D eigenvalue weighted by molar-refractivity contribution is 5.87. The van der Waals surface area contributed by atoms with Gasteiger partial charge in [-0.3, -0.25) is 9.59 Å². The molecule has 0 saturated carbocycles. The summed E-state index contributed by atoms with van der Waals surface area (Å²) in [4.78, 5) is 37.3. The number of carbonyl (C=O) groups excluding carboxylic acids is 2. The van der Waals surface area contributed by atoms with Gasteiger partial charge in [-0.15, -0.1) is 0 Å². The Bertz CT molecular complexity index is 415. The van der Waals surface area contributed by atoms with E-state index in [2.05, 4.69) is 38.3 Å². The van der Waals surface area contributed by atoms with E-state index >= 15 is 0 Å². The van der Waals surface area contributed by atoms with Crippen LogP contribution >= 0.6 is 0 Å². The second-order valence-electron chi connectivity index (χ2n) is 7.27. The average molecular weight is 357 g/mol. The summed E-state index contributed by atoms with van der Waals surface area (Å²) in [6.07, 6.45) is 2.20. The largest absolute Gasteiger partial charge is 0.481 e. The minimum Gasteiger partial charge on any atom is -0.481 e. The third kappa shape index (κ3) is 11.4. The van der Waals surface area contributed by atoms with Gasteiger partial charge >= 0.3 is 12.0 Å². The van der Waals surface area contributed by atoms with Crippen molar-refractivity contribution in [1.82, 2.24) is 15.5 Å². The SMILES string of the molecule is CCCC[C@H](NC(=O)NCCC(=O)O)C(=O)N(CC(C)C)CC(C)C. The first kappa shape index (κ1) is 23.2. The number of carboxylic acid groups (broad SMARTS) is 1. The fourth-order valence-corrected chi connectivity index (χ4v) is 2.51. The van der Waals surface area contributed by atoms with Gasteiger partial charge in [0.1, 0.15) is 6.04 Å². The van der Waals surface area contributed by atoms with Gasteiger partial charge in [0.2, 0.25) is 5.91 Å². The minimum absolute atomic E-state index is 0.0392. The maximum Gasteiger partial charge on any atom is 0.315 e. The van der Waals surface area contributed by atoms with Crippen LogP contribution < -0.4 is 10.6 Å². The van der Waals surface area contributed by atoms with Crippen LogP contribution in [0.2, 0.25) is 0 Å². The lowest BCUT2D eigenvalue weighted by Gasteiger charge is -2.30. The molecule has 0 aliphatic rings. The maximum absolute atomic E-state index is 12.9. The highest BCUT2D eigenvalue weighted by Gasteiger charge is 2.26. The molecule has 0 heterocycles. The summed E-state index contributed by atoms with van der Waals surface area (Å²) in [6, 6.07) is -1.08. The predicted octanol–water partition coefficient (Wildman–Crippen LogP) is 2.46. The smallest absolute Gasteiger partial charge is 0.315 e. The molecule has 0 unspecified atom stereocenters. The van der Waals surface area contributed by atoms with Crippen LogP contribution in [0.5, 0.6) is 0 Å². The first-order valence-electron chi connectivity index (χ1n) is 9.22. The number of aliphatic carboxylic acids is 1. The van der Waals surface area contributed by atoms with Gasteiger partial charge in [-0.1, -0.05) is 47.5 Å². The quantitative estimate of drug-likeness (QED) is 0.499. The summed E-state index contributed by atoms with van der Waals surface area (Å²) in [6.45, 7) is 11.6. The Kier molecular flexibility index (Phi) is 11.7. The third-order valence-corrected chi connectivity index (χ3v) is 3.56. The van der Waals surface area contributed by atoms with E-state index in [-0.39, 0.29) is 18.9 Å². The van der Waals surface area contributed by atoms with E-state index < -0.39 is 18.0 Å². The van der Waals surface area contributed by atoms with Crippen molar-refractivity contribution < 1.29 is 19.5 Å². The lowest BCUT2D eigenvalue weighted by Crippen LogP contribution is -2.52. The number of carboxylic acids is 1. The van der Waals surface area contributed by atoms with Gasteiger partial charge in [-0.2, -0.15) is 0 Å². The molecule has 0 aliphatic carbocycles. The fraction of sp³-hybridized carbons (Fsp3) is 0.833. The van der Waals surface area contributed by atoms with Gasteiger partial charge < -0.3 is 20.6 Å². The lowest BCUT2D eigenvalue weighted by atomic mass is 10.1. The number of amides is 3. The Balaban J connectivity index is 4.90. The van der Waals surface area contributed by atoms with E-state index in [1.165, 1.54) is 0 Å². The van der Waals surface area contributed by atoms with Crippen LogP contribution in [-0.4, -0.2) is 53.6 Å². The molecule has 0 aliphatic heterocycles. The van der Waals surface area contributed by atoms with Crippen molar-refractivity contribution in [2.24, 2.45) is 11.8 Å². The highest BCUT2D eigenvalue weighted by Crippen LogP contribution is 2.10. The molecule has 0 spiro atoms. The van der Waals surface area contributed by atoms with Crippen LogP contribution in [0.4, 0.5) is 4.79 Å². The molecule has 146 valence electrons. The first-order chi connectivity index (χ1) is 11.7. The van der Waals surface area contributed by atoms with Crippen LogP contribution in [0.25, 0.3) is 0 Å². The number of nitrogens with one attached hydrogen (secondary N) is 2. The van der Waals surface area contributed by atoms with E-state index in [1.807, 2.05) is 11.8 Å². The second-order valence-corrected chi connectivity index (χ2v) is 7.27. The summed E-state index contributed by atoms with van der Waals surface area (Å²) < 4.78 is 0. The van der Waals surface area contributed by atoms with Crippen molar-refractivity contribution in [3.05, 3.63) is 0 Å². The topological polar surface area (TPSA) is 98.7 Å². The zero-order chi connectivity index (χ0) is 19.4. The summed E-state index contributed by atoms with van der Waals surface area (Å²) in [7, 11) is 0. The van der Waals surface area contributed by atoms with Crippen molar-refractivity contribution in [3.8, 4) is 0 Å². The van der Waals surface area contributed by atoms with E-state index in [1.54, 1.807) is 0 Å². The zero-order valence-electron chi connectivity index (χ0n) is 16.3. The number of urea groups is 1. The summed E-state index contributed by atoms with van der Waals surface area (Å²) in [5, 5.41) is 13.8. The number of nitrogens with zero attached hydrogens (tertiary/aromatic N) is 1. The average Bonchev–Trinajstić information content (AvgIpc) is 2.48. The molecule has 3 N–H and O–H groups in total. The molecule has 7 heteroatoms. The molecule has 1 atom stereocenters. The molecular formula is C18H35N3O4. The normalized spacial score (nSPS) is 12.1. The molecule has 0 saturated heterocycles. The predicted molar refractivity (Wildman–Crippen MR) is 98.4 cm³/mol. The number of carbonyl (C=O) groups is 3. The Labute approximate surface area is 151 Å². The second kappa shape index (κ2) is 12.6. The van der Waals surface area contributed by atoms with E-state index in [0.29, 0.717) is 31.3 Å². The van der Waals surface area contributed by atoms with E-state index in [9.17, 15) is 14.4 Å². The van der Waals surface area contributed by atoms with Crippen molar-refractivity contribution in [2.75, 3.05) is 19.6 Å². The monoisotopic (exact) mass is 357 g/mol. The van der Waals surface area contributed by atoms with Crippen LogP contribution in [0.15, 0.2) is 0 Å². The highest BCUT2D eigenvalue weighted by atomic mass is 16.4. The van der Waals surface area contributed by atoms with Gasteiger partial charge in [-0.25, -0.2) is 4.79 Å². The summed E-state index contributed by atoms with van der Waals surface area (Å²) in [5.74, 6) is -0.346. The van der Waals surface area contributed by atoms with E-state index in [4.69, 9.17) is 5.11 Å². The molecule has 25 heavy (non-hydrogen) atoms. The molecule has 7 nitrogen and oxygen atoms in total. The fourth-order valence-electron chi connectivity index (χ4n) is 2.51. The Morgan fingerprint density at radius 3 is 2.04 bits per heavy atom. The van der Waals surface area contributed by atoms with Crippen molar-refractivity contribution >= 4 is 17.9 Å². The number of hydrogen-bond acceptors (Lipinski definition) is 3. The Hall–Kier alpha value is -1.79. The Morgan fingerprint density at radius 1 is 1.04 bits per heavy atom. The molecule has 0 bridgehead atoms. The van der Waals surface area contributed by atoms with Crippen LogP contribution in [0, 0.1) is 11.8 Å². The Morgan fingerprint density at radius 2 is 1.60 bits per heavy atom. The van der Waals surface area contributed by atoms with Crippen LogP contribution in [0.3, 0.4) is 0 Å². The molecular weight excluding hydrogens is 322 g/mol. The number of unbranched alkanes of at least 4 members (excludes halogenated alkanes) is 1. The molecule has 3 amide bonds. The molecule has 0 radical (unpaired) electrons. The van der Waals surface area contributed by atoms with Gasteiger partial charge in [0.15, 0.2) is 0 Å². The minimum atomic E-state index is -0.973. The molecule has 0 aromatic rings. The standard InChI is InChI=1S/C18H35N3O4/c1-6-7-8-15(20-18(25)19-10-9-16(22)23)17(24)21(11-13(2)3)12-14(4)5/h13-15H,6-12H2,1-5H3,(H,22,23)(H2,19,20,25)/t15-/m0/s1. The van der Waals surface area contributed by atoms with Crippen molar-refractivity contribution in [2.45, 2.75) is 66.3 Å². The summed E-state index contributed by atoms with van der Waals surface area (Å²) >= 11 is 0. The van der Waals surface area contributed by atoms with Crippen LogP contribution in [-0.2, 0) is 9.59 Å². The number of hydrogen-bond donors (Lipinski definition) is 3. The van der Waals surface area contributed by atoms with Gasteiger partial charge in [-0.05, 0) is 18.3 Å². The van der Waals surface area contributed by atoms with Crippen molar-refractivity contribution in [1.29, 1.82) is 0 Å². The third-order valence-electron chi connectivity index (χ3n) is 3.56. The number of rotatable bonds is 12. The van der Waals surface area contributed by atoms with Gasteiger partial charge in [0.05, 0.1) is 6.42 Å². The van der Waals surface area contributed by atoms with Crippen molar-refractivity contribution in [3.63, 3.8) is 0 Å². The van der Waals surface area contributed by atoms with E-state index in [0.717, 1.165) is 12.8 Å².